The molecule has 3 heterocycles. The fourth-order valence-corrected chi connectivity index (χ4v) is 6.24. The summed E-state index contributed by atoms with van der Waals surface area (Å²) >= 11 is 6.14. The van der Waals surface area contributed by atoms with Gasteiger partial charge in [-0.25, -0.2) is 4.79 Å². The second-order valence-corrected chi connectivity index (χ2v) is 12.4. The fourth-order valence-electron chi connectivity index (χ4n) is 6.06. The number of piperazine rings is 1. The van der Waals surface area contributed by atoms with E-state index in [2.05, 4.69) is 36.4 Å². The third-order valence-corrected chi connectivity index (χ3v) is 8.93. The number of nitrogens with one attached hydrogen (secondary N) is 3. The zero-order valence-corrected chi connectivity index (χ0v) is 28.0. The summed E-state index contributed by atoms with van der Waals surface area (Å²) in [5, 5.41) is 28.4. The van der Waals surface area contributed by atoms with Gasteiger partial charge in [-0.15, -0.1) is 5.10 Å². The number of aromatic nitrogens is 4. The number of amides is 4. The molecule has 3 aromatic carbocycles. The van der Waals surface area contributed by atoms with Crippen LogP contribution in [0.3, 0.4) is 0 Å². The van der Waals surface area contributed by atoms with E-state index in [-0.39, 0.29) is 34.3 Å². The number of carboxylic acid groups (broad SMARTS) is 1. The van der Waals surface area contributed by atoms with Gasteiger partial charge < -0.3 is 30.7 Å². The molecule has 4 amide bonds. The molecule has 17 heteroatoms. The van der Waals surface area contributed by atoms with Crippen molar-refractivity contribution in [1.29, 1.82) is 0 Å². The van der Waals surface area contributed by atoms with Gasteiger partial charge in [0.2, 0.25) is 11.8 Å². The standard InChI is InChI=1S/C34H34ClN9O7/c35-22-7-10-29(44-20-36-40-41-44)27(18-22)38-32(47)33(48)39-28(31(46)37-26-4-2-1-3-25(26)34(49)50)17-21-5-8-24(9-6-21)43-14-13-42(19-30(43)45)23-11-15-51-16-12-23/h1-10,18,20,23,28H,11-17,19H2,(H,37,46)(H,38,47)(H,39,48)(H,49,50). The number of carboxylic acids is 1. The molecule has 1 aromatic heterocycles. The fraction of sp³-hybridized carbons (Fsp3) is 0.294. The molecule has 6 rings (SSSR count). The van der Waals surface area contributed by atoms with Crippen LogP contribution in [0.5, 0.6) is 0 Å². The van der Waals surface area contributed by atoms with Crippen molar-refractivity contribution in [2.75, 3.05) is 48.4 Å². The van der Waals surface area contributed by atoms with E-state index in [9.17, 15) is 29.1 Å². The maximum absolute atomic E-state index is 13.6. The molecule has 0 spiro atoms. The van der Waals surface area contributed by atoms with E-state index in [1.165, 1.54) is 35.3 Å². The highest BCUT2D eigenvalue weighted by atomic mass is 35.5. The van der Waals surface area contributed by atoms with E-state index in [1.807, 2.05) is 0 Å². The highest BCUT2D eigenvalue weighted by Gasteiger charge is 2.31. The van der Waals surface area contributed by atoms with Crippen LogP contribution in [0.2, 0.25) is 5.02 Å². The first kappa shape index (κ1) is 35.1. The summed E-state index contributed by atoms with van der Waals surface area (Å²) in [7, 11) is 0. The minimum Gasteiger partial charge on any atom is -0.478 e. The van der Waals surface area contributed by atoms with Crippen LogP contribution < -0.4 is 20.9 Å². The molecule has 0 saturated carbocycles. The number of anilines is 3. The van der Waals surface area contributed by atoms with Gasteiger partial charge in [0.25, 0.3) is 0 Å². The maximum atomic E-state index is 13.6. The van der Waals surface area contributed by atoms with Crippen molar-refractivity contribution in [3.63, 3.8) is 0 Å². The summed E-state index contributed by atoms with van der Waals surface area (Å²) in [6.45, 7) is 2.96. The lowest BCUT2D eigenvalue weighted by atomic mass is 10.0. The Balaban J connectivity index is 1.17. The van der Waals surface area contributed by atoms with E-state index in [0.717, 1.165) is 19.4 Å². The molecule has 16 nitrogen and oxygen atoms in total. The van der Waals surface area contributed by atoms with Gasteiger partial charge in [-0.1, -0.05) is 35.9 Å². The predicted molar refractivity (Wildman–Crippen MR) is 185 cm³/mol. The number of rotatable bonds is 10. The number of carbonyl (C=O) groups excluding carboxylic acids is 4. The number of halogens is 1. The number of tetrazole rings is 1. The van der Waals surface area contributed by atoms with Crippen LogP contribution in [0.4, 0.5) is 17.1 Å². The molecule has 2 aliphatic rings. The number of hydrogen-bond donors (Lipinski definition) is 4. The molecule has 2 saturated heterocycles. The molecule has 1 unspecified atom stereocenters. The van der Waals surface area contributed by atoms with Gasteiger partial charge in [-0.05, 0) is 71.3 Å². The first-order valence-electron chi connectivity index (χ1n) is 16.2. The van der Waals surface area contributed by atoms with E-state index in [0.29, 0.717) is 49.3 Å². The van der Waals surface area contributed by atoms with Gasteiger partial charge >= 0.3 is 17.8 Å². The number of hydrogen-bond acceptors (Lipinski definition) is 10. The highest BCUT2D eigenvalue weighted by molar-refractivity contribution is 6.40. The molecule has 0 bridgehead atoms. The van der Waals surface area contributed by atoms with Crippen LogP contribution in [0.25, 0.3) is 5.69 Å². The molecular formula is C34H34ClN9O7. The largest absolute Gasteiger partial charge is 0.478 e. The summed E-state index contributed by atoms with van der Waals surface area (Å²) < 4.78 is 6.73. The van der Waals surface area contributed by atoms with Crippen molar-refractivity contribution in [3.8, 4) is 5.69 Å². The summed E-state index contributed by atoms with van der Waals surface area (Å²) in [5.41, 5.74) is 1.61. The molecule has 0 aliphatic carbocycles. The van der Waals surface area contributed by atoms with Crippen molar-refractivity contribution in [3.05, 3.63) is 89.2 Å². The van der Waals surface area contributed by atoms with E-state index in [1.54, 1.807) is 47.4 Å². The van der Waals surface area contributed by atoms with Gasteiger partial charge in [0.1, 0.15) is 12.4 Å². The molecule has 4 N–H and O–H groups in total. The average molecular weight is 716 g/mol. The summed E-state index contributed by atoms with van der Waals surface area (Å²) in [4.78, 5) is 68.9. The predicted octanol–water partition coefficient (Wildman–Crippen LogP) is 2.15. The van der Waals surface area contributed by atoms with Crippen LogP contribution in [-0.2, 0) is 30.3 Å². The van der Waals surface area contributed by atoms with Crippen molar-refractivity contribution in [2.24, 2.45) is 0 Å². The van der Waals surface area contributed by atoms with Crippen LogP contribution in [0.15, 0.2) is 73.1 Å². The van der Waals surface area contributed by atoms with Gasteiger partial charge in [0.05, 0.1) is 29.2 Å². The van der Waals surface area contributed by atoms with Crippen LogP contribution in [0, 0.1) is 0 Å². The van der Waals surface area contributed by atoms with E-state index < -0.39 is 29.7 Å². The van der Waals surface area contributed by atoms with Crippen molar-refractivity contribution in [2.45, 2.75) is 31.3 Å². The summed E-state index contributed by atoms with van der Waals surface area (Å²) in [6.07, 6.45) is 3.03. The Bertz CT molecular complexity index is 1920. The van der Waals surface area contributed by atoms with Crippen LogP contribution in [0.1, 0.15) is 28.8 Å². The molecule has 4 aromatic rings. The lowest BCUT2D eigenvalue weighted by Gasteiger charge is -2.40. The highest BCUT2D eigenvalue weighted by Crippen LogP contribution is 2.25. The number of carbonyl (C=O) groups is 5. The van der Waals surface area contributed by atoms with Gasteiger partial charge in [0.15, 0.2) is 0 Å². The minimum absolute atomic E-state index is 0.0115. The molecule has 2 aliphatic heterocycles. The first-order valence-corrected chi connectivity index (χ1v) is 16.5. The number of para-hydroxylation sites is 1. The summed E-state index contributed by atoms with van der Waals surface area (Å²) in [5.74, 6) is -4.29. The van der Waals surface area contributed by atoms with Gasteiger partial charge in [-0.3, -0.25) is 24.1 Å². The Kier molecular flexibility index (Phi) is 10.9. The lowest BCUT2D eigenvalue weighted by molar-refractivity contribution is -0.137. The van der Waals surface area contributed by atoms with Gasteiger partial charge in [0, 0.05) is 49.5 Å². The maximum Gasteiger partial charge on any atom is 0.337 e. The molecule has 264 valence electrons. The normalized spacial score (nSPS) is 15.9. The molecule has 51 heavy (non-hydrogen) atoms. The monoisotopic (exact) mass is 715 g/mol. The Labute approximate surface area is 296 Å². The van der Waals surface area contributed by atoms with E-state index in [4.69, 9.17) is 16.3 Å². The smallest absolute Gasteiger partial charge is 0.337 e. The van der Waals surface area contributed by atoms with Crippen molar-refractivity contribution in [1.82, 2.24) is 30.4 Å². The Morgan fingerprint density at radius 2 is 1.71 bits per heavy atom. The number of aromatic carboxylic acids is 1. The van der Waals surface area contributed by atoms with Crippen molar-refractivity contribution < 1.29 is 33.8 Å². The Hall–Kier alpha value is -5.71. The molecule has 0 radical (unpaired) electrons. The Morgan fingerprint density at radius 1 is 0.941 bits per heavy atom. The van der Waals surface area contributed by atoms with Crippen molar-refractivity contribution >= 4 is 58.3 Å². The first-order chi connectivity index (χ1) is 24.7. The number of ether oxygens (including phenoxy) is 1. The van der Waals surface area contributed by atoms with E-state index >= 15 is 0 Å². The zero-order chi connectivity index (χ0) is 35.9. The second-order valence-electron chi connectivity index (χ2n) is 12.0. The topological polar surface area (TPSA) is 201 Å². The second kappa shape index (κ2) is 15.9. The Morgan fingerprint density at radius 3 is 2.41 bits per heavy atom. The third kappa shape index (κ3) is 8.54. The number of benzene rings is 3. The molecular weight excluding hydrogens is 682 g/mol. The number of nitrogens with zero attached hydrogens (tertiary/aromatic N) is 6. The molecule has 2 fully saturated rings. The average Bonchev–Trinajstić information content (AvgIpc) is 3.67. The minimum atomic E-state index is -1.32. The SMILES string of the molecule is O=C(Nc1cc(Cl)ccc1-n1cnnn1)C(=O)NC(Cc1ccc(N2CCN(C3CCOCC3)CC2=O)cc1)C(=O)Nc1ccccc1C(=O)O. The molecule has 1 atom stereocenters. The summed E-state index contributed by atoms with van der Waals surface area (Å²) in [6, 6.07) is 16.3. The van der Waals surface area contributed by atoms with Crippen LogP contribution in [-0.4, -0.2) is 105 Å². The third-order valence-electron chi connectivity index (χ3n) is 8.69. The van der Waals surface area contributed by atoms with Gasteiger partial charge in [-0.2, -0.15) is 4.68 Å². The quantitative estimate of drug-likeness (QED) is 0.175. The zero-order valence-electron chi connectivity index (χ0n) is 27.2. The lowest BCUT2D eigenvalue weighted by Crippen LogP contribution is -2.54. The van der Waals surface area contributed by atoms with Crippen LogP contribution >= 0.6 is 11.6 Å².